The molecule has 20 heavy (non-hydrogen) atoms. The van der Waals surface area contributed by atoms with E-state index in [0.717, 1.165) is 28.8 Å². The minimum Gasteiger partial charge on any atom is -0.494 e. The summed E-state index contributed by atoms with van der Waals surface area (Å²) in [6.45, 7) is 2.82. The molecule has 0 saturated carbocycles. The molecule has 1 heterocycles. The highest BCUT2D eigenvalue weighted by molar-refractivity contribution is 9.10. The van der Waals surface area contributed by atoms with E-state index >= 15 is 0 Å². The molecule has 0 N–H and O–H groups in total. The number of aromatic nitrogens is 2. The van der Waals surface area contributed by atoms with Gasteiger partial charge < -0.3 is 4.74 Å². The molecule has 0 aliphatic rings. The van der Waals surface area contributed by atoms with Crippen LogP contribution >= 0.6 is 27.7 Å². The van der Waals surface area contributed by atoms with Crippen LogP contribution < -0.4 is 9.16 Å². The summed E-state index contributed by atoms with van der Waals surface area (Å²) >= 11 is 9.77. The smallest absolute Gasteiger partial charge is 0.245 e. The normalized spacial score (nSPS) is 10.3. The lowest BCUT2D eigenvalue weighted by molar-refractivity contribution is 0.309. The molecule has 0 unspecified atom stereocenters. The maximum absolute atomic E-state index is 6.29. The number of halogens is 2. The average molecular weight is 357 g/mol. The van der Waals surface area contributed by atoms with Gasteiger partial charge in [0.25, 0.3) is 0 Å². The summed E-state index contributed by atoms with van der Waals surface area (Å²) in [4.78, 5) is 8.24. The summed E-state index contributed by atoms with van der Waals surface area (Å²) in [6, 6.07) is 7.41. The van der Waals surface area contributed by atoms with Gasteiger partial charge in [-0.05, 0) is 40.5 Å². The van der Waals surface area contributed by atoms with Crippen molar-refractivity contribution in [2.24, 2.45) is 0 Å². The third-order valence-corrected chi connectivity index (χ3v) is 3.63. The van der Waals surface area contributed by atoms with Crippen LogP contribution in [0.1, 0.15) is 19.8 Å². The van der Waals surface area contributed by atoms with E-state index in [9.17, 15) is 0 Å². The zero-order valence-corrected chi connectivity index (χ0v) is 13.4. The number of unbranched alkanes of at least 4 members (excludes halogenated alkanes) is 1. The predicted molar refractivity (Wildman–Crippen MR) is 84.6 cm³/mol. The van der Waals surface area contributed by atoms with Crippen molar-refractivity contribution in [3.05, 3.63) is 41.1 Å². The Morgan fingerprint density at radius 3 is 2.75 bits per heavy atom. The van der Waals surface area contributed by atoms with Crippen LogP contribution in [0.5, 0.6) is 5.75 Å². The van der Waals surface area contributed by atoms with E-state index < -0.39 is 0 Å². The van der Waals surface area contributed by atoms with Crippen molar-refractivity contribution in [2.45, 2.75) is 19.8 Å². The Bertz CT molecular complexity index is 553. The Labute approximate surface area is 132 Å². The lowest BCUT2D eigenvalue weighted by Gasteiger charge is -2.16. The molecular weight excluding hydrogens is 342 g/mol. The fraction of sp³-hybridized carbons (Fsp3) is 0.286. The number of ether oxygens (including phenoxy) is 1. The van der Waals surface area contributed by atoms with Gasteiger partial charge in [-0.15, -0.1) is 0 Å². The summed E-state index contributed by atoms with van der Waals surface area (Å²) in [7, 11) is 0. The molecule has 6 heteroatoms. The fourth-order valence-corrected chi connectivity index (χ4v) is 2.32. The van der Waals surface area contributed by atoms with Crippen molar-refractivity contribution in [3.8, 4) is 5.75 Å². The van der Waals surface area contributed by atoms with Gasteiger partial charge in [0.15, 0.2) is 0 Å². The van der Waals surface area contributed by atoms with Gasteiger partial charge in [0.1, 0.15) is 5.75 Å². The van der Waals surface area contributed by atoms with Crippen LogP contribution in [0.15, 0.2) is 41.1 Å². The van der Waals surface area contributed by atoms with Gasteiger partial charge in [0.05, 0.1) is 12.3 Å². The number of benzene rings is 1. The number of rotatable bonds is 6. The van der Waals surface area contributed by atoms with E-state index in [1.165, 1.54) is 4.42 Å². The first-order valence-corrected chi connectivity index (χ1v) is 7.50. The molecule has 0 spiro atoms. The van der Waals surface area contributed by atoms with E-state index in [1.54, 1.807) is 18.5 Å². The monoisotopic (exact) mass is 355 g/mol. The first-order chi connectivity index (χ1) is 9.72. The van der Waals surface area contributed by atoms with E-state index in [1.807, 2.05) is 18.2 Å². The first kappa shape index (κ1) is 15.1. The van der Waals surface area contributed by atoms with Crippen LogP contribution in [0.25, 0.3) is 0 Å². The van der Waals surface area contributed by atoms with Crippen molar-refractivity contribution >= 4 is 39.3 Å². The van der Waals surface area contributed by atoms with E-state index in [-0.39, 0.29) is 0 Å². The number of nitrogens with zero attached hydrogens (tertiary/aromatic N) is 3. The van der Waals surface area contributed by atoms with Gasteiger partial charge in [-0.25, -0.2) is 14.4 Å². The third-order valence-electron chi connectivity index (χ3n) is 2.62. The van der Waals surface area contributed by atoms with Crippen LogP contribution in [-0.4, -0.2) is 16.6 Å². The van der Waals surface area contributed by atoms with Crippen LogP contribution in [0.2, 0.25) is 0 Å². The summed E-state index contributed by atoms with van der Waals surface area (Å²) < 4.78 is 7.93. The van der Waals surface area contributed by atoms with Gasteiger partial charge in [0, 0.05) is 34.7 Å². The highest BCUT2D eigenvalue weighted by atomic mass is 79.9. The molecule has 2 aromatic rings. The van der Waals surface area contributed by atoms with E-state index in [2.05, 4.69) is 32.8 Å². The van der Waals surface area contributed by atoms with Crippen LogP contribution in [0.4, 0.5) is 11.6 Å². The second-order valence-corrected chi connectivity index (χ2v) is 5.34. The van der Waals surface area contributed by atoms with Gasteiger partial charge in [-0.2, -0.15) is 0 Å². The maximum atomic E-state index is 6.29. The topological polar surface area (TPSA) is 38.2 Å². The largest absolute Gasteiger partial charge is 0.494 e. The molecule has 0 atom stereocenters. The zero-order valence-electron chi connectivity index (χ0n) is 11.1. The summed E-state index contributed by atoms with van der Waals surface area (Å²) in [6.07, 6.45) is 5.42. The highest BCUT2D eigenvalue weighted by Crippen LogP contribution is 2.34. The van der Waals surface area contributed by atoms with Gasteiger partial charge in [-0.1, -0.05) is 13.3 Å². The van der Waals surface area contributed by atoms with Crippen LogP contribution in [0.3, 0.4) is 0 Å². The fourth-order valence-electron chi connectivity index (χ4n) is 1.57. The van der Waals surface area contributed by atoms with Crippen LogP contribution in [0, 0.1) is 0 Å². The highest BCUT2D eigenvalue weighted by Gasteiger charge is 2.13. The third kappa shape index (κ3) is 3.84. The molecule has 0 radical (unpaired) electrons. The van der Waals surface area contributed by atoms with Crippen molar-refractivity contribution in [2.75, 3.05) is 11.0 Å². The number of hydrogen-bond donors (Lipinski definition) is 0. The molecule has 0 amide bonds. The number of anilines is 2. The van der Waals surface area contributed by atoms with Crippen molar-refractivity contribution in [3.63, 3.8) is 0 Å². The molecule has 106 valence electrons. The molecule has 1 aromatic heterocycles. The molecule has 4 nitrogen and oxygen atoms in total. The summed E-state index contributed by atoms with van der Waals surface area (Å²) in [5.74, 6) is 1.19. The summed E-state index contributed by atoms with van der Waals surface area (Å²) in [5, 5.41) is 0. The van der Waals surface area contributed by atoms with Crippen molar-refractivity contribution < 1.29 is 4.74 Å². The minimum atomic E-state index is 0.417. The van der Waals surface area contributed by atoms with E-state index in [0.29, 0.717) is 12.6 Å². The quantitative estimate of drug-likeness (QED) is 0.555. The second kappa shape index (κ2) is 7.45. The molecule has 0 saturated heterocycles. The predicted octanol–water partition coefficient (Wildman–Crippen LogP) is 4.71. The standard InChI is InChI=1S/C14H15BrClN3O/c1-2-3-9-20-11-5-6-12(15)13(10-11)19(16)14-17-7-4-8-18-14/h4-8,10H,2-3,9H2,1H3. The van der Waals surface area contributed by atoms with Gasteiger partial charge in [-0.3, -0.25) is 0 Å². The Morgan fingerprint density at radius 1 is 1.30 bits per heavy atom. The molecule has 0 bridgehead atoms. The van der Waals surface area contributed by atoms with Crippen molar-refractivity contribution in [1.29, 1.82) is 0 Å². The zero-order chi connectivity index (χ0) is 14.4. The molecule has 1 aromatic carbocycles. The van der Waals surface area contributed by atoms with Crippen LogP contribution in [-0.2, 0) is 0 Å². The summed E-state index contributed by atoms with van der Waals surface area (Å²) in [5.41, 5.74) is 0.742. The molecular formula is C14H15BrClN3O. The Balaban J connectivity index is 2.20. The van der Waals surface area contributed by atoms with E-state index in [4.69, 9.17) is 16.5 Å². The molecule has 0 aliphatic carbocycles. The minimum absolute atomic E-state index is 0.417. The maximum Gasteiger partial charge on any atom is 0.245 e. The SMILES string of the molecule is CCCCOc1ccc(Br)c(N(Cl)c2ncccn2)c1. The lowest BCUT2D eigenvalue weighted by atomic mass is 10.3. The average Bonchev–Trinajstić information content (AvgIpc) is 2.49. The lowest BCUT2D eigenvalue weighted by Crippen LogP contribution is -2.07. The second-order valence-electron chi connectivity index (χ2n) is 4.14. The first-order valence-electron chi connectivity index (χ1n) is 6.37. The Kier molecular flexibility index (Phi) is 5.61. The Hall–Kier alpha value is -1.33. The molecule has 0 fully saturated rings. The number of hydrogen-bond acceptors (Lipinski definition) is 4. The Morgan fingerprint density at radius 2 is 2.05 bits per heavy atom. The molecule has 2 rings (SSSR count). The van der Waals surface area contributed by atoms with Gasteiger partial charge in [0.2, 0.25) is 5.95 Å². The van der Waals surface area contributed by atoms with Gasteiger partial charge >= 0.3 is 0 Å². The molecule has 0 aliphatic heterocycles. The van der Waals surface area contributed by atoms with Crippen molar-refractivity contribution in [1.82, 2.24) is 9.97 Å².